The first-order chi connectivity index (χ1) is 9.63. The van der Waals surface area contributed by atoms with Gasteiger partial charge in [-0.1, -0.05) is 25.4 Å². The van der Waals surface area contributed by atoms with Crippen molar-refractivity contribution in [2.75, 3.05) is 6.54 Å². The number of nitrogens with one attached hydrogen (secondary N) is 1. The van der Waals surface area contributed by atoms with Crippen LogP contribution in [0.15, 0.2) is 24.4 Å². The van der Waals surface area contributed by atoms with Crippen molar-refractivity contribution >= 4 is 22.9 Å². The zero-order chi connectivity index (χ0) is 14.5. The van der Waals surface area contributed by atoms with E-state index in [9.17, 15) is 0 Å². The highest BCUT2D eigenvalue weighted by atomic mass is 35.5. The topological polar surface area (TPSA) is 29.9 Å². The molecule has 0 aromatic carbocycles. The van der Waals surface area contributed by atoms with Gasteiger partial charge in [0.1, 0.15) is 0 Å². The minimum atomic E-state index is 0.290. The van der Waals surface area contributed by atoms with Gasteiger partial charge in [0, 0.05) is 29.6 Å². The summed E-state index contributed by atoms with van der Waals surface area (Å²) in [5.74, 6) is 0. The van der Waals surface area contributed by atoms with E-state index in [4.69, 9.17) is 11.6 Å². The molecule has 20 heavy (non-hydrogen) atoms. The highest BCUT2D eigenvalue weighted by molar-refractivity contribution is 7.16. The number of aromatic nitrogens is 2. The lowest BCUT2D eigenvalue weighted by atomic mass is 10.1. The predicted octanol–water partition coefficient (Wildman–Crippen LogP) is 4.46. The molecule has 0 saturated heterocycles. The number of thiophene rings is 1. The molecule has 2 unspecified atom stereocenters. The summed E-state index contributed by atoms with van der Waals surface area (Å²) in [7, 11) is 0. The van der Waals surface area contributed by atoms with Crippen molar-refractivity contribution in [2.45, 2.75) is 45.7 Å². The van der Waals surface area contributed by atoms with Crippen molar-refractivity contribution in [1.29, 1.82) is 0 Å². The Hall–Kier alpha value is -0.840. The van der Waals surface area contributed by atoms with Gasteiger partial charge in [0.15, 0.2) is 0 Å². The lowest BCUT2D eigenvalue weighted by Gasteiger charge is -2.15. The number of hydrogen-bond acceptors (Lipinski definition) is 3. The van der Waals surface area contributed by atoms with Crippen LogP contribution in [0, 0.1) is 0 Å². The maximum atomic E-state index is 6.04. The first-order valence-corrected chi connectivity index (χ1v) is 8.36. The lowest BCUT2D eigenvalue weighted by Crippen LogP contribution is -2.22. The van der Waals surface area contributed by atoms with Crippen LogP contribution in [-0.4, -0.2) is 16.3 Å². The summed E-state index contributed by atoms with van der Waals surface area (Å²) in [6, 6.07) is 6.93. The van der Waals surface area contributed by atoms with E-state index < -0.39 is 0 Å². The average molecular weight is 312 g/mol. The van der Waals surface area contributed by atoms with Crippen LogP contribution >= 0.6 is 22.9 Å². The summed E-state index contributed by atoms with van der Waals surface area (Å²) >= 11 is 7.68. The van der Waals surface area contributed by atoms with Gasteiger partial charge in [0.25, 0.3) is 0 Å². The second-order valence-corrected chi connectivity index (χ2v) is 6.75. The fraction of sp³-hybridized carbons (Fsp3) is 0.533. The maximum Gasteiger partial charge on any atom is 0.0931 e. The first kappa shape index (κ1) is 15.5. The highest BCUT2D eigenvalue weighted by Crippen LogP contribution is 2.28. The Balaban J connectivity index is 2.10. The van der Waals surface area contributed by atoms with Crippen LogP contribution < -0.4 is 5.32 Å². The molecule has 0 bridgehead atoms. The second-order valence-electron chi connectivity index (χ2n) is 5.00. The smallest absolute Gasteiger partial charge is 0.0931 e. The molecule has 2 atom stereocenters. The molecule has 2 aromatic heterocycles. The Morgan fingerprint density at radius 2 is 2.15 bits per heavy atom. The Labute approximate surface area is 130 Å². The minimum Gasteiger partial charge on any atom is -0.309 e. The molecule has 0 amide bonds. The Bertz CT molecular complexity index is 535. The van der Waals surface area contributed by atoms with Crippen molar-refractivity contribution in [1.82, 2.24) is 15.1 Å². The van der Waals surface area contributed by atoms with Crippen LogP contribution in [0.3, 0.4) is 0 Å². The third-order valence-electron chi connectivity index (χ3n) is 3.51. The van der Waals surface area contributed by atoms with E-state index in [0.717, 1.165) is 29.4 Å². The van der Waals surface area contributed by atoms with Gasteiger partial charge >= 0.3 is 0 Å². The number of halogens is 1. The number of likely N-dealkylation sites (N-methyl/N-ethyl adjacent to an activating group) is 1. The predicted molar refractivity (Wildman–Crippen MR) is 86.7 cm³/mol. The van der Waals surface area contributed by atoms with Crippen molar-refractivity contribution in [3.05, 3.63) is 39.3 Å². The number of hydrogen-bond donors (Lipinski definition) is 1. The molecule has 0 aliphatic rings. The van der Waals surface area contributed by atoms with Crippen LogP contribution in [0.4, 0.5) is 0 Å². The van der Waals surface area contributed by atoms with Crippen LogP contribution in [0.1, 0.15) is 49.8 Å². The summed E-state index contributed by atoms with van der Waals surface area (Å²) in [5.41, 5.74) is 1.13. The molecule has 0 saturated carbocycles. The molecule has 3 nitrogen and oxygen atoms in total. The number of rotatable bonds is 7. The monoisotopic (exact) mass is 311 g/mol. The Kier molecular flexibility index (Phi) is 5.64. The molecule has 0 fully saturated rings. The van der Waals surface area contributed by atoms with Gasteiger partial charge in [-0.2, -0.15) is 5.10 Å². The molecule has 2 aromatic rings. The van der Waals surface area contributed by atoms with Crippen molar-refractivity contribution in [3.63, 3.8) is 0 Å². The molecule has 1 N–H and O–H groups in total. The Morgan fingerprint density at radius 3 is 2.75 bits per heavy atom. The summed E-state index contributed by atoms with van der Waals surface area (Å²) in [6.45, 7) is 7.44. The third-order valence-corrected chi connectivity index (χ3v) is 4.85. The van der Waals surface area contributed by atoms with Gasteiger partial charge in [0.2, 0.25) is 0 Å². The first-order valence-electron chi connectivity index (χ1n) is 7.16. The largest absolute Gasteiger partial charge is 0.309 e. The molecule has 110 valence electrons. The van der Waals surface area contributed by atoms with Gasteiger partial charge in [0.05, 0.1) is 10.0 Å². The zero-order valence-electron chi connectivity index (χ0n) is 12.3. The summed E-state index contributed by atoms with van der Waals surface area (Å²) in [4.78, 5) is 1.27. The fourth-order valence-corrected chi connectivity index (χ4v) is 3.30. The molecule has 5 heteroatoms. The van der Waals surface area contributed by atoms with E-state index in [1.54, 1.807) is 11.3 Å². The van der Waals surface area contributed by atoms with Crippen molar-refractivity contribution < 1.29 is 0 Å². The van der Waals surface area contributed by atoms with Gasteiger partial charge in [-0.3, -0.25) is 4.68 Å². The molecular weight excluding hydrogens is 290 g/mol. The van der Waals surface area contributed by atoms with Gasteiger partial charge in [-0.15, -0.1) is 11.3 Å². The second kappa shape index (κ2) is 7.25. The summed E-state index contributed by atoms with van der Waals surface area (Å²) < 4.78 is 2.90. The third kappa shape index (κ3) is 3.84. The van der Waals surface area contributed by atoms with E-state index in [0.29, 0.717) is 6.04 Å². The van der Waals surface area contributed by atoms with Gasteiger partial charge < -0.3 is 5.32 Å². The average Bonchev–Trinajstić information content (AvgIpc) is 3.06. The highest BCUT2D eigenvalue weighted by Gasteiger charge is 2.15. The van der Waals surface area contributed by atoms with E-state index in [1.807, 2.05) is 6.07 Å². The lowest BCUT2D eigenvalue weighted by molar-refractivity contribution is 0.467. The van der Waals surface area contributed by atoms with Crippen LogP contribution in [-0.2, 0) is 6.42 Å². The minimum absolute atomic E-state index is 0.290. The molecular formula is C15H22ClN3S. The number of nitrogens with zero attached hydrogens (tertiary/aromatic N) is 2. The quantitative estimate of drug-likeness (QED) is 0.818. The van der Waals surface area contributed by atoms with E-state index in [1.165, 1.54) is 4.88 Å². The summed E-state index contributed by atoms with van der Waals surface area (Å²) in [6.07, 6.45) is 4.07. The summed E-state index contributed by atoms with van der Waals surface area (Å²) in [5, 5.41) is 8.20. The van der Waals surface area contributed by atoms with Crippen LogP contribution in [0.25, 0.3) is 0 Å². The van der Waals surface area contributed by atoms with E-state index >= 15 is 0 Å². The Morgan fingerprint density at radius 1 is 1.35 bits per heavy atom. The zero-order valence-corrected chi connectivity index (χ0v) is 13.8. The fourth-order valence-electron chi connectivity index (χ4n) is 2.16. The van der Waals surface area contributed by atoms with Crippen molar-refractivity contribution in [3.8, 4) is 0 Å². The van der Waals surface area contributed by atoms with Crippen LogP contribution in [0.2, 0.25) is 4.34 Å². The van der Waals surface area contributed by atoms with Crippen molar-refractivity contribution in [2.24, 2.45) is 0 Å². The molecule has 0 radical (unpaired) electrons. The normalized spacial score (nSPS) is 14.4. The maximum absolute atomic E-state index is 6.04. The van der Waals surface area contributed by atoms with Crippen LogP contribution in [0.5, 0.6) is 0 Å². The SMILES string of the molecule is CCNC(Cc1ccn(C(C)CC)n1)c1ccc(Cl)s1. The van der Waals surface area contributed by atoms with E-state index in [2.05, 4.69) is 54.2 Å². The molecule has 2 heterocycles. The molecule has 0 spiro atoms. The molecule has 0 aliphatic heterocycles. The van der Waals surface area contributed by atoms with Gasteiger partial charge in [-0.25, -0.2) is 0 Å². The van der Waals surface area contributed by atoms with Gasteiger partial charge in [-0.05, 0) is 38.1 Å². The standard InChI is InChI=1S/C15H22ClN3S/c1-4-11(3)19-9-8-12(18-19)10-13(17-5-2)14-6-7-15(16)20-14/h6-9,11,13,17H,4-5,10H2,1-3H3. The molecule has 0 aliphatic carbocycles. The molecule has 2 rings (SSSR count). The van der Waals surface area contributed by atoms with E-state index in [-0.39, 0.29) is 6.04 Å².